The van der Waals surface area contributed by atoms with Crippen molar-refractivity contribution >= 4 is 0 Å². The third kappa shape index (κ3) is 15.7. The second-order valence-electron chi connectivity index (χ2n) is 4.95. The van der Waals surface area contributed by atoms with Gasteiger partial charge in [0.15, 0.2) is 0 Å². The van der Waals surface area contributed by atoms with Crippen molar-refractivity contribution in [2.45, 2.75) is 84.0 Å². The van der Waals surface area contributed by atoms with Crippen molar-refractivity contribution in [1.29, 1.82) is 0 Å². The normalized spacial score (nSPS) is 11.4. The van der Waals surface area contributed by atoms with E-state index in [1.54, 1.807) is 0 Å². The Morgan fingerprint density at radius 3 is 1.65 bits per heavy atom. The van der Waals surface area contributed by atoms with Gasteiger partial charge in [0.25, 0.3) is 0 Å². The van der Waals surface area contributed by atoms with Gasteiger partial charge in [0.2, 0.25) is 0 Å². The van der Waals surface area contributed by atoms with Crippen LogP contribution in [0, 0.1) is 0 Å². The minimum Gasteiger partial charge on any atom is -0.396 e. The summed E-state index contributed by atoms with van der Waals surface area (Å²) in [7, 11) is 0. The summed E-state index contributed by atoms with van der Waals surface area (Å²) in [6.45, 7) is 2.62. The second-order valence-corrected chi connectivity index (χ2v) is 4.95. The zero-order valence-electron chi connectivity index (χ0n) is 11.8. The highest BCUT2D eigenvalue weighted by Crippen LogP contribution is 2.08. The molecule has 0 amide bonds. The molecule has 0 bridgehead atoms. The van der Waals surface area contributed by atoms with E-state index in [9.17, 15) is 0 Å². The van der Waals surface area contributed by atoms with Crippen LogP contribution in [0.15, 0.2) is 12.2 Å². The van der Waals surface area contributed by atoms with Crippen LogP contribution in [0.5, 0.6) is 0 Å². The van der Waals surface area contributed by atoms with E-state index in [2.05, 4.69) is 19.1 Å². The SMILES string of the molecule is CCCCCCC=CCCCCCCCCO. The Hall–Kier alpha value is -0.300. The molecule has 0 aromatic carbocycles. The Kier molecular flexibility index (Phi) is 15.4. The van der Waals surface area contributed by atoms with E-state index >= 15 is 0 Å². The molecule has 0 aromatic heterocycles. The second kappa shape index (κ2) is 15.7. The van der Waals surface area contributed by atoms with Crippen LogP contribution >= 0.6 is 0 Å². The Bertz CT molecular complexity index is 152. The molecule has 1 heteroatoms. The van der Waals surface area contributed by atoms with Gasteiger partial charge in [-0.2, -0.15) is 0 Å². The van der Waals surface area contributed by atoms with E-state index in [1.165, 1.54) is 70.6 Å². The first-order valence-electron chi connectivity index (χ1n) is 7.67. The zero-order chi connectivity index (χ0) is 12.6. The summed E-state index contributed by atoms with van der Waals surface area (Å²) in [5, 5.41) is 8.63. The molecule has 0 fully saturated rings. The first kappa shape index (κ1) is 16.7. The van der Waals surface area contributed by atoms with Gasteiger partial charge in [-0.3, -0.25) is 0 Å². The molecule has 0 aliphatic rings. The predicted octanol–water partition coefficient (Wildman–Crippen LogP) is 5.24. The Balaban J connectivity index is 2.99. The van der Waals surface area contributed by atoms with Crippen molar-refractivity contribution in [2.24, 2.45) is 0 Å². The number of rotatable bonds is 13. The van der Waals surface area contributed by atoms with Gasteiger partial charge in [-0.15, -0.1) is 0 Å². The van der Waals surface area contributed by atoms with E-state index in [4.69, 9.17) is 5.11 Å². The molecule has 17 heavy (non-hydrogen) atoms. The Morgan fingerprint density at radius 2 is 1.12 bits per heavy atom. The number of aliphatic hydroxyl groups is 1. The van der Waals surface area contributed by atoms with Gasteiger partial charge in [0.1, 0.15) is 0 Å². The fourth-order valence-corrected chi connectivity index (χ4v) is 2.01. The largest absolute Gasteiger partial charge is 0.396 e. The van der Waals surface area contributed by atoms with Gasteiger partial charge in [0.05, 0.1) is 0 Å². The highest BCUT2D eigenvalue weighted by Gasteiger charge is 1.89. The van der Waals surface area contributed by atoms with Crippen LogP contribution in [-0.4, -0.2) is 11.7 Å². The molecule has 0 atom stereocenters. The summed E-state index contributed by atoms with van der Waals surface area (Å²) in [5.74, 6) is 0. The lowest BCUT2D eigenvalue weighted by atomic mass is 10.1. The first-order chi connectivity index (χ1) is 8.41. The van der Waals surface area contributed by atoms with Crippen LogP contribution in [0.25, 0.3) is 0 Å². The highest BCUT2D eigenvalue weighted by molar-refractivity contribution is 4.81. The van der Waals surface area contributed by atoms with Gasteiger partial charge in [-0.1, -0.05) is 64.0 Å². The molecule has 102 valence electrons. The van der Waals surface area contributed by atoms with Crippen molar-refractivity contribution in [2.75, 3.05) is 6.61 Å². The molecule has 1 nitrogen and oxygen atoms in total. The van der Waals surface area contributed by atoms with Crippen LogP contribution in [0.2, 0.25) is 0 Å². The summed E-state index contributed by atoms with van der Waals surface area (Å²) in [4.78, 5) is 0. The van der Waals surface area contributed by atoms with Crippen molar-refractivity contribution in [3.63, 3.8) is 0 Å². The Labute approximate surface area is 108 Å². The summed E-state index contributed by atoms with van der Waals surface area (Å²) < 4.78 is 0. The van der Waals surface area contributed by atoms with Crippen molar-refractivity contribution in [1.82, 2.24) is 0 Å². The van der Waals surface area contributed by atoms with Gasteiger partial charge in [0, 0.05) is 6.61 Å². The molecule has 0 aromatic rings. The molecular formula is C16H32O. The van der Waals surface area contributed by atoms with E-state index in [1.807, 2.05) is 0 Å². The van der Waals surface area contributed by atoms with Gasteiger partial charge < -0.3 is 5.11 Å². The monoisotopic (exact) mass is 240 g/mol. The minimum atomic E-state index is 0.362. The summed E-state index contributed by atoms with van der Waals surface area (Å²) in [6, 6.07) is 0. The number of hydrogen-bond acceptors (Lipinski definition) is 1. The average Bonchev–Trinajstić information content (AvgIpc) is 2.35. The molecule has 1 N–H and O–H groups in total. The lowest BCUT2D eigenvalue weighted by Gasteiger charge is -1.98. The van der Waals surface area contributed by atoms with Crippen molar-refractivity contribution in [3.8, 4) is 0 Å². The fraction of sp³-hybridized carbons (Fsp3) is 0.875. The summed E-state index contributed by atoms with van der Waals surface area (Å²) >= 11 is 0. The van der Waals surface area contributed by atoms with E-state index in [0.29, 0.717) is 6.61 Å². The lowest BCUT2D eigenvalue weighted by Crippen LogP contribution is -1.83. The smallest absolute Gasteiger partial charge is 0.0431 e. The third-order valence-corrected chi connectivity index (χ3v) is 3.17. The quantitative estimate of drug-likeness (QED) is 0.345. The highest BCUT2D eigenvalue weighted by atomic mass is 16.2. The maximum Gasteiger partial charge on any atom is 0.0431 e. The molecule has 0 heterocycles. The van der Waals surface area contributed by atoms with Crippen molar-refractivity contribution in [3.05, 3.63) is 12.2 Å². The first-order valence-corrected chi connectivity index (χ1v) is 7.67. The number of hydrogen-bond donors (Lipinski definition) is 1. The fourth-order valence-electron chi connectivity index (χ4n) is 2.01. The molecule has 0 radical (unpaired) electrons. The van der Waals surface area contributed by atoms with E-state index < -0.39 is 0 Å². The number of aliphatic hydroxyl groups excluding tert-OH is 1. The van der Waals surface area contributed by atoms with Gasteiger partial charge in [-0.05, 0) is 32.1 Å². The standard InChI is InChI=1S/C16H32O/c1-2-3-4-5-6-7-8-9-10-11-12-13-14-15-16-17/h7-8,17H,2-6,9-16H2,1H3. The van der Waals surface area contributed by atoms with Crippen LogP contribution in [-0.2, 0) is 0 Å². The molecule has 0 saturated heterocycles. The molecular weight excluding hydrogens is 208 g/mol. The maximum absolute atomic E-state index is 8.63. The minimum absolute atomic E-state index is 0.362. The molecule has 0 rings (SSSR count). The van der Waals surface area contributed by atoms with Gasteiger partial charge >= 0.3 is 0 Å². The van der Waals surface area contributed by atoms with Crippen LogP contribution in [0.1, 0.15) is 84.0 Å². The van der Waals surface area contributed by atoms with E-state index in [0.717, 1.165) is 6.42 Å². The van der Waals surface area contributed by atoms with E-state index in [-0.39, 0.29) is 0 Å². The molecule has 0 unspecified atom stereocenters. The van der Waals surface area contributed by atoms with Crippen molar-refractivity contribution < 1.29 is 5.11 Å². The van der Waals surface area contributed by atoms with Crippen LogP contribution < -0.4 is 0 Å². The predicted molar refractivity (Wildman–Crippen MR) is 77.3 cm³/mol. The summed E-state index contributed by atoms with van der Waals surface area (Å²) in [5.41, 5.74) is 0. The zero-order valence-corrected chi connectivity index (χ0v) is 11.8. The molecule has 0 aliphatic carbocycles. The lowest BCUT2D eigenvalue weighted by molar-refractivity contribution is 0.282. The Morgan fingerprint density at radius 1 is 0.647 bits per heavy atom. The summed E-state index contributed by atoms with van der Waals surface area (Å²) in [6.07, 6.45) is 20.2. The third-order valence-electron chi connectivity index (χ3n) is 3.17. The maximum atomic E-state index is 8.63. The number of allylic oxidation sites excluding steroid dienone is 2. The average molecular weight is 240 g/mol. The molecule has 0 aliphatic heterocycles. The van der Waals surface area contributed by atoms with Crippen LogP contribution in [0.3, 0.4) is 0 Å². The molecule has 0 spiro atoms. The van der Waals surface area contributed by atoms with Crippen LogP contribution in [0.4, 0.5) is 0 Å². The topological polar surface area (TPSA) is 20.2 Å². The number of unbranched alkanes of at least 4 members (excludes halogenated alkanes) is 10. The van der Waals surface area contributed by atoms with Gasteiger partial charge in [-0.25, -0.2) is 0 Å². The molecule has 0 saturated carbocycles.